The van der Waals surface area contributed by atoms with Crippen molar-refractivity contribution < 1.29 is 9.53 Å². The molecule has 3 N–H and O–H groups in total. The Bertz CT molecular complexity index is 1160. The molecule has 2 aromatic heterocycles. The van der Waals surface area contributed by atoms with Crippen LogP contribution in [0.15, 0.2) is 72.8 Å². The molecule has 2 heterocycles. The van der Waals surface area contributed by atoms with E-state index in [9.17, 15) is 4.79 Å². The molecule has 0 unspecified atom stereocenters. The number of carbonyl (C=O) groups excluding carboxylic acids is 1. The minimum Gasteiger partial charge on any atom is -0.481 e. The summed E-state index contributed by atoms with van der Waals surface area (Å²) in [6, 6.07) is 10.9. The molecule has 0 atom stereocenters. The highest BCUT2D eigenvalue weighted by atomic mass is 16.5. The fourth-order valence-electron chi connectivity index (χ4n) is 2.86. The Hall–Kier alpha value is -4.29. The van der Waals surface area contributed by atoms with Gasteiger partial charge in [-0.3, -0.25) is 4.79 Å². The van der Waals surface area contributed by atoms with E-state index in [2.05, 4.69) is 38.0 Å². The quantitative estimate of drug-likeness (QED) is 0.223. The number of rotatable bonds is 8. The van der Waals surface area contributed by atoms with Gasteiger partial charge in [0.1, 0.15) is 5.69 Å². The fraction of sp³-hybridized carbons (Fsp3) is 0.130. The van der Waals surface area contributed by atoms with Crippen LogP contribution in [0.25, 0.3) is 16.8 Å². The number of carbonyl (C=O) groups is 1. The zero-order valence-corrected chi connectivity index (χ0v) is 17.3. The molecular weight excluding hydrogens is 392 g/mol. The number of para-hydroxylation sites is 1. The average Bonchev–Trinajstić information content (AvgIpc) is 3.34. The molecule has 0 saturated carbocycles. The maximum Gasteiger partial charge on any atom is 0.257 e. The van der Waals surface area contributed by atoms with E-state index in [0.717, 1.165) is 0 Å². The number of nitrogens with zero attached hydrogens (tertiary/aromatic N) is 3. The van der Waals surface area contributed by atoms with Crippen LogP contribution in [0.3, 0.4) is 0 Å². The summed E-state index contributed by atoms with van der Waals surface area (Å²) in [5.41, 5.74) is 6.23. The number of aromatic nitrogens is 4. The topological polar surface area (TPSA) is 117 Å². The van der Waals surface area contributed by atoms with E-state index in [1.807, 2.05) is 25.1 Å². The van der Waals surface area contributed by atoms with Crippen LogP contribution in [0.4, 0.5) is 5.69 Å². The van der Waals surface area contributed by atoms with E-state index < -0.39 is 0 Å². The number of allylic oxidation sites excluding steroid dienone is 2. The van der Waals surface area contributed by atoms with Crippen LogP contribution in [-0.2, 0) is 4.79 Å². The Morgan fingerprint density at radius 2 is 2.10 bits per heavy atom. The Balaban J connectivity index is 2.01. The van der Waals surface area contributed by atoms with Gasteiger partial charge < -0.3 is 15.5 Å². The summed E-state index contributed by atoms with van der Waals surface area (Å²) in [5, 5.41) is 21.6. The second-order valence-corrected chi connectivity index (χ2v) is 6.44. The minimum atomic E-state index is -0.385. The summed E-state index contributed by atoms with van der Waals surface area (Å²) in [6.07, 6.45) is 5.13. The third kappa shape index (κ3) is 5.01. The van der Waals surface area contributed by atoms with Gasteiger partial charge in [0.2, 0.25) is 5.88 Å². The normalized spacial score (nSPS) is 10.8. The van der Waals surface area contributed by atoms with E-state index in [4.69, 9.17) is 10.1 Å². The number of anilines is 1. The van der Waals surface area contributed by atoms with Gasteiger partial charge in [-0.2, -0.15) is 15.4 Å². The van der Waals surface area contributed by atoms with Gasteiger partial charge in [-0.05, 0) is 30.7 Å². The minimum absolute atomic E-state index is 0.194. The number of amides is 1. The molecule has 1 amide bonds. The zero-order chi connectivity index (χ0) is 22.2. The van der Waals surface area contributed by atoms with Crippen molar-refractivity contribution in [3.63, 3.8) is 0 Å². The molecular formula is C23H22N6O2. The number of methoxy groups -OCH3 is 1. The molecule has 156 valence electrons. The lowest BCUT2D eigenvalue weighted by molar-refractivity contribution is -0.112. The van der Waals surface area contributed by atoms with E-state index in [1.165, 1.54) is 7.11 Å². The maximum atomic E-state index is 12.9. The Morgan fingerprint density at radius 3 is 2.71 bits per heavy atom. The first-order chi connectivity index (χ1) is 15.1. The highest BCUT2D eigenvalue weighted by molar-refractivity contribution is 6.25. The van der Waals surface area contributed by atoms with Crippen molar-refractivity contribution in [2.75, 3.05) is 12.4 Å². The molecule has 31 heavy (non-hydrogen) atoms. The highest BCUT2D eigenvalue weighted by Gasteiger charge is 2.17. The van der Waals surface area contributed by atoms with Crippen LogP contribution < -0.4 is 10.1 Å². The summed E-state index contributed by atoms with van der Waals surface area (Å²) in [6.45, 7) is 5.57. The molecule has 0 radical (unpaired) electrons. The predicted molar refractivity (Wildman–Crippen MR) is 120 cm³/mol. The van der Waals surface area contributed by atoms with E-state index in [1.54, 1.807) is 36.7 Å². The first-order valence-corrected chi connectivity index (χ1v) is 9.53. The molecule has 0 aliphatic carbocycles. The van der Waals surface area contributed by atoms with Gasteiger partial charge in [0, 0.05) is 28.7 Å². The van der Waals surface area contributed by atoms with Crippen LogP contribution in [0.5, 0.6) is 5.88 Å². The summed E-state index contributed by atoms with van der Waals surface area (Å²) in [5.74, 6) is -0.00242. The average molecular weight is 414 g/mol. The number of hydrogen-bond acceptors (Lipinski definition) is 6. The van der Waals surface area contributed by atoms with Crippen LogP contribution in [0, 0.1) is 5.41 Å². The second-order valence-electron chi connectivity index (χ2n) is 6.44. The van der Waals surface area contributed by atoms with Crippen molar-refractivity contribution in [1.82, 2.24) is 20.4 Å². The van der Waals surface area contributed by atoms with Crippen molar-refractivity contribution in [2.24, 2.45) is 0 Å². The van der Waals surface area contributed by atoms with Crippen LogP contribution in [0.2, 0.25) is 0 Å². The lowest BCUT2D eigenvalue weighted by Gasteiger charge is -2.11. The van der Waals surface area contributed by atoms with Crippen molar-refractivity contribution in [1.29, 1.82) is 5.41 Å². The first kappa shape index (κ1) is 21.4. The lowest BCUT2D eigenvalue weighted by Crippen LogP contribution is -2.20. The van der Waals surface area contributed by atoms with E-state index in [-0.39, 0.29) is 17.2 Å². The maximum absolute atomic E-state index is 12.9. The zero-order valence-electron chi connectivity index (χ0n) is 17.3. The molecule has 0 fully saturated rings. The summed E-state index contributed by atoms with van der Waals surface area (Å²) >= 11 is 0. The molecule has 0 bridgehead atoms. The monoisotopic (exact) mass is 414 g/mol. The smallest absolute Gasteiger partial charge is 0.257 e. The van der Waals surface area contributed by atoms with Gasteiger partial charge in [0.25, 0.3) is 5.91 Å². The Morgan fingerprint density at radius 1 is 1.32 bits per heavy atom. The summed E-state index contributed by atoms with van der Waals surface area (Å²) in [4.78, 5) is 17.2. The van der Waals surface area contributed by atoms with Gasteiger partial charge in [-0.25, -0.2) is 4.98 Å². The largest absolute Gasteiger partial charge is 0.481 e. The number of pyridine rings is 1. The van der Waals surface area contributed by atoms with Crippen LogP contribution in [-0.4, -0.2) is 39.1 Å². The molecule has 8 nitrogen and oxygen atoms in total. The Kier molecular flexibility index (Phi) is 6.88. The summed E-state index contributed by atoms with van der Waals surface area (Å²) in [7, 11) is 1.52. The van der Waals surface area contributed by atoms with Gasteiger partial charge in [0.15, 0.2) is 0 Å². The molecule has 8 heteroatoms. The second kappa shape index (κ2) is 9.96. The third-order valence-electron chi connectivity index (χ3n) is 4.48. The standard InChI is InChI=1S/C23H22N6O2/c1-4-15(16-12-19(21-14-26-29-28-21)23(31-3)25-13-16)11-18(20(24)5-2)22(30)27-17-9-7-6-8-10-17/h6-14,24H,1,5H2,2-3H3,(H,27,30)(H,26,28,29)/b18-11+,24-20?. The lowest BCUT2D eigenvalue weighted by atomic mass is 9.99. The molecule has 3 rings (SSSR count). The first-order valence-electron chi connectivity index (χ1n) is 9.53. The third-order valence-corrected chi connectivity index (χ3v) is 4.48. The molecule has 1 aromatic carbocycles. The Labute approximate surface area is 179 Å². The molecule has 0 saturated heterocycles. The highest BCUT2D eigenvalue weighted by Crippen LogP contribution is 2.29. The van der Waals surface area contributed by atoms with Crippen molar-refractivity contribution in [2.45, 2.75) is 13.3 Å². The van der Waals surface area contributed by atoms with Crippen molar-refractivity contribution >= 4 is 22.9 Å². The number of ether oxygens (including phenoxy) is 1. The molecule has 0 spiro atoms. The number of H-pyrrole nitrogens is 1. The fourth-order valence-corrected chi connectivity index (χ4v) is 2.86. The van der Waals surface area contributed by atoms with E-state index >= 15 is 0 Å². The number of benzene rings is 1. The predicted octanol–water partition coefficient (Wildman–Crippen LogP) is 4.04. The number of hydrogen-bond donors (Lipinski definition) is 3. The van der Waals surface area contributed by atoms with Crippen molar-refractivity contribution in [3.8, 4) is 17.1 Å². The van der Waals surface area contributed by atoms with Gasteiger partial charge >= 0.3 is 0 Å². The van der Waals surface area contributed by atoms with E-state index in [0.29, 0.717) is 40.4 Å². The number of nitrogens with one attached hydrogen (secondary N) is 3. The number of aromatic amines is 1. The molecule has 3 aromatic rings. The van der Waals surface area contributed by atoms with Crippen LogP contribution >= 0.6 is 0 Å². The molecule has 0 aliphatic heterocycles. The van der Waals surface area contributed by atoms with Gasteiger partial charge in [0.05, 0.1) is 24.4 Å². The van der Waals surface area contributed by atoms with Crippen molar-refractivity contribution in [3.05, 3.63) is 78.3 Å². The van der Waals surface area contributed by atoms with Crippen LogP contribution in [0.1, 0.15) is 18.9 Å². The van der Waals surface area contributed by atoms with Gasteiger partial charge in [-0.15, -0.1) is 5.73 Å². The SMILES string of the molecule is C=C=C(/C=C(\C(=N)CC)C(=O)Nc1ccccc1)c1cnc(OC)c(-c2cn[nH]n2)c1. The summed E-state index contributed by atoms with van der Waals surface area (Å²) < 4.78 is 5.33. The molecule has 0 aliphatic rings. The van der Waals surface area contributed by atoms with Gasteiger partial charge in [-0.1, -0.05) is 31.7 Å².